The zero-order chi connectivity index (χ0) is 21.1. The lowest BCUT2D eigenvalue weighted by molar-refractivity contribution is -0.663. The van der Waals surface area contributed by atoms with E-state index >= 15 is 0 Å². The minimum atomic E-state index is 0.278. The van der Waals surface area contributed by atoms with Gasteiger partial charge in [0.05, 0.1) is 26.3 Å². The second kappa shape index (κ2) is 12.4. The molecule has 0 spiro atoms. The fraction of sp³-hybridized carbons (Fsp3) is 0.556. The van der Waals surface area contributed by atoms with E-state index in [4.69, 9.17) is 9.47 Å². The van der Waals surface area contributed by atoms with E-state index in [1.807, 2.05) is 0 Å². The van der Waals surface area contributed by atoms with E-state index in [2.05, 4.69) is 59.2 Å². The van der Waals surface area contributed by atoms with E-state index < -0.39 is 0 Å². The Kier molecular flexibility index (Phi) is 8.95. The molecule has 31 heavy (non-hydrogen) atoms. The number of benzene rings is 2. The maximum absolute atomic E-state index is 6.01. The summed E-state index contributed by atoms with van der Waals surface area (Å²) in [4.78, 5) is 0. The van der Waals surface area contributed by atoms with Crippen LogP contribution in [0, 0.1) is 0 Å². The molecule has 2 atom stereocenters. The maximum Gasteiger partial charge on any atom is 0.131 e. The first-order chi connectivity index (χ1) is 15.4. The summed E-state index contributed by atoms with van der Waals surface area (Å²) in [5.41, 5.74) is 5.76. The van der Waals surface area contributed by atoms with Gasteiger partial charge in [-0.15, -0.1) is 0 Å². The first-order valence-corrected chi connectivity index (χ1v) is 12.4. The van der Waals surface area contributed by atoms with Crippen molar-refractivity contribution in [3.8, 4) is 0 Å². The zero-order valence-corrected chi connectivity index (χ0v) is 18.9. The number of hydrogen-bond acceptors (Lipinski definition) is 2. The van der Waals surface area contributed by atoms with Gasteiger partial charge in [0, 0.05) is 0 Å². The van der Waals surface area contributed by atoms with Crippen LogP contribution in [0.25, 0.3) is 0 Å². The average Bonchev–Trinajstić information content (AvgIpc) is 2.82. The van der Waals surface area contributed by atoms with Gasteiger partial charge in [0.2, 0.25) is 0 Å². The Labute approximate surface area is 187 Å². The summed E-state index contributed by atoms with van der Waals surface area (Å²) >= 11 is 0. The van der Waals surface area contributed by atoms with E-state index in [-0.39, 0.29) is 12.2 Å². The molecule has 4 N–H and O–H groups in total. The first kappa shape index (κ1) is 22.5. The van der Waals surface area contributed by atoms with Crippen LogP contribution in [0.1, 0.15) is 66.6 Å². The Balaban J connectivity index is 0.999. The molecule has 0 saturated heterocycles. The molecule has 0 amide bonds. The molecule has 4 heteroatoms. The first-order valence-electron chi connectivity index (χ1n) is 12.4. The van der Waals surface area contributed by atoms with Crippen molar-refractivity contribution in [1.82, 2.24) is 0 Å². The largest absolute Gasteiger partial charge is 0.367 e. The molecule has 0 unspecified atom stereocenters. The van der Waals surface area contributed by atoms with Crippen molar-refractivity contribution < 1.29 is 20.1 Å². The smallest absolute Gasteiger partial charge is 0.131 e. The minimum absolute atomic E-state index is 0.278. The molecule has 0 radical (unpaired) electrons. The Morgan fingerprint density at radius 1 is 0.613 bits per heavy atom. The van der Waals surface area contributed by atoms with Gasteiger partial charge in [-0.2, -0.15) is 0 Å². The molecule has 0 aliphatic carbocycles. The molecule has 168 valence electrons. The topological polar surface area (TPSA) is 51.7 Å². The number of ether oxygens (including phenoxy) is 2. The number of hydrogen-bond donors (Lipinski definition) is 2. The summed E-state index contributed by atoms with van der Waals surface area (Å²) < 4.78 is 12.0. The van der Waals surface area contributed by atoms with E-state index in [0.717, 1.165) is 39.1 Å². The molecule has 4 rings (SSSR count). The fourth-order valence-corrected chi connectivity index (χ4v) is 4.99. The molecule has 2 aliphatic heterocycles. The molecule has 2 aromatic rings. The van der Waals surface area contributed by atoms with Crippen molar-refractivity contribution in [2.45, 2.75) is 57.2 Å². The van der Waals surface area contributed by atoms with Gasteiger partial charge in [0.15, 0.2) is 0 Å². The van der Waals surface area contributed by atoms with Crippen LogP contribution < -0.4 is 10.6 Å². The van der Waals surface area contributed by atoms with Crippen LogP contribution in [0.3, 0.4) is 0 Å². The molecule has 2 aliphatic rings. The van der Waals surface area contributed by atoms with Crippen molar-refractivity contribution in [2.75, 3.05) is 39.4 Å². The quantitative estimate of drug-likeness (QED) is 0.515. The molecule has 2 aromatic carbocycles. The number of fused-ring (bicyclic) bond motifs is 2. The predicted molar refractivity (Wildman–Crippen MR) is 124 cm³/mol. The highest BCUT2D eigenvalue weighted by molar-refractivity contribution is 5.31. The summed E-state index contributed by atoms with van der Waals surface area (Å²) in [6.45, 7) is 6.27. The van der Waals surface area contributed by atoms with Crippen LogP contribution >= 0.6 is 0 Å². The Hall–Kier alpha value is -1.72. The standard InChI is InChI=1S/C27H38N2O2/c1(2-8-16-28-20-26-24-12-6-4-10-22(24)14-18-30-26)3-9-17-29-21-27-25-13-7-5-11-23(25)15-19-31-27/h4-7,10-13,26-29H,1-3,8-9,14-21H2/p+2/t26-,27+. The highest BCUT2D eigenvalue weighted by Gasteiger charge is 2.22. The summed E-state index contributed by atoms with van der Waals surface area (Å²) in [5, 5.41) is 4.89. The summed E-state index contributed by atoms with van der Waals surface area (Å²) in [6.07, 6.45) is 9.34. The summed E-state index contributed by atoms with van der Waals surface area (Å²) in [5.74, 6) is 0. The highest BCUT2D eigenvalue weighted by atomic mass is 16.5. The van der Waals surface area contributed by atoms with Gasteiger partial charge in [-0.3, -0.25) is 0 Å². The number of quaternary nitrogens is 2. The predicted octanol–water partition coefficient (Wildman–Crippen LogP) is 2.69. The molecule has 0 aromatic heterocycles. The van der Waals surface area contributed by atoms with E-state index in [9.17, 15) is 0 Å². The van der Waals surface area contributed by atoms with Gasteiger partial charge in [-0.1, -0.05) is 55.0 Å². The summed E-state index contributed by atoms with van der Waals surface area (Å²) in [7, 11) is 0. The zero-order valence-electron chi connectivity index (χ0n) is 18.9. The second-order valence-electron chi connectivity index (χ2n) is 9.01. The van der Waals surface area contributed by atoms with Crippen LogP contribution in [0.4, 0.5) is 0 Å². The number of rotatable bonds is 12. The van der Waals surface area contributed by atoms with Crippen molar-refractivity contribution in [2.24, 2.45) is 0 Å². The average molecular weight is 425 g/mol. The van der Waals surface area contributed by atoms with Crippen LogP contribution in [0.5, 0.6) is 0 Å². The van der Waals surface area contributed by atoms with Gasteiger partial charge in [0.1, 0.15) is 25.3 Å². The molecular weight excluding hydrogens is 384 g/mol. The molecule has 4 nitrogen and oxygen atoms in total. The van der Waals surface area contributed by atoms with Crippen molar-refractivity contribution in [3.05, 3.63) is 70.8 Å². The molecule has 2 heterocycles. The van der Waals surface area contributed by atoms with Crippen LogP contribution in [-0.4, -0.2) is 39.4 Å². The van der Waals surface area contributed by atoms with Crippen molar-refractivity contribution >= 4 is 0 Å². The normalized spacial score (nSPS) is 20.3. The molecule has 0 saturated carbocycles. The third kappa shape index (κ3) is 6.63. The summed E-state index contributed by atoms with van der Waals surface area (Å²) in [6, 6.07) is 17.5. The molecular formula is C27H40N2O2+2. The Bertz CT molecular complexity index is 729. The van der Waals surface area contributed by atoms with Gasteiger partial charge >= 0.3 is 0 Å². The second-order valence-corrected chi connectivity index (χ2v) is 9.01. The van der Waals surface area contributed by atoms with Gasteiger partial charge in [0.25, 0.3) is 0 Å². The number of nitrogens with two attached hydrogens (primary N) is 2. The van der Waals surface area contributed by atoms with Crippen LogP contribution in [-0.2, 0) is 22.3 Å². The molecule has 0 bridgehead atoms. The van der Waals surface area contributed by atoms with E-state index in [1.165, 1.54) is 67.4 Å². The number of unbranched alkanes of at least 4 members (excludes halogenated alkanes) is 4. The van der Waals surface area contributed by atoms with Crippen LogP contribution in [0.2, 0.25) is 0 Å². The Morgan fingerprint density at radius 2 is 1.06 bits per heavy atom. The maximum atomic E-state index is 6.01. The van der Waals surface area contributed by atoms with Gasteiger partial charge < -0.3 is 20.1 Å². The van der Waals surface area contributed by atoms with Gasteiger partial charge in [-0.25, -0.2) is 0 Å². The third-order valence-electron chi connectivity index (χ3n) is 6.76. The van der Waals surface area contributed by atoms with E-state index in [1.54, 1.807) is 0 Å². The fourth-order valence-electron chi connectivity index (χ4n) is 4.99. The SMILES string of the molecule is c1ccc2c(c1)CCO[C@H]2C[NH2+]CCCCCCC[NH2+]C[C@H]1OCCc2ccccc21. The third-order valence-corrected chi connectivity index (χ3v) is 6.76. The van der Waals surface area contributed by atoms with E-state index in [0.29, 0.717) is 0 Å². The van der Waals surface area contributed by atoms with Gasteiger partial charge in [-0.05, 0) is 60.8 Å². The highest BCUT2D eigenvalue weighted by Crippen LogP contribution is 2.26. The lowest BCUT2D eigenvalue weighted by Gasteiger charge is -2.24. The molecule has 0 fully saturated rings. The Morgan fingerprint density at radius 3 is 1.58 bits per heavy atom. The van der Waals surface area contributed by atoms with Crippen molar-refractivity contribution in [1.29, 1.82) is 0 Å². The lowest BCUT2D eigenvalue weighted by Crippen LogP contribution is -2.85. The lowest BCUT2D eigenvalue weighted by atomic mass is 9.97. The monoisotopic (exact) mass is 424 g/mol. The van der Waals surface area contributed by atoms with Crippen LogP contribution in [0.15, 0.2) is 48.5 Å². The minimum Gasteiger partial charge on any atom is -0.367 e. The van der Waals surface area contributed by atoms with Crippen molar-refractivity contribution in [3.63, 3.8) is 0 Å².